The van der Waals surface area contributed by atoms with Gasteiger partial charge in [-0.2, -0.15) is 0 Å². The molecule has 3 N–H and O–H groups in total. The van der Waals surface area contributed by atoms with Gasteiger partial charge in [-0.3, -0.25) is 10.1 Å². The van der Waals surface area contributed by atoms with Gasteiger partial charge >= 0.3 is 5.69 Å². The predicted molar refractivity (Wildman–Crippen MR) is 61.8 cm³/mol. The summed E-state index contributed by atoms with van der Waals surface area (Å²) in [6.07, 6.45) is 1.44. The molecule has 1 unspecified atom stereocenters. The Morgan fingerprint density at radius 2 is 2.29 bits per heavy atom. The second kappa shape index (κ2) is 5.07. The van der Waals surface area contributed by atoms with E-state index in [1.54, 1.807) is 6.92 Å². The zero-order valence-electron chi connectivity index (χ0n) is 9.67. The quantitative estimate of drug-likeness (QED) is 0.510. The fraction of sp³-hybridized carbons (Fsp3) is 0.500. The summed E-state index contributed by atoms with van der Waals surface area (Å²) in [6.45, 7) is 2.55. The molecule has 1 heterocycles. The summed E-state index contributed by atoms with van der Waals surface area (Å²) in [5.74, 6) is 0.0868. The molecule has 1 atom stereocenters. The maximum atomic E-state index is 10.9. The molecule has 94 valence electrons. The standard InChI is InChI=1S/C10H15N3O4/c1-7-3-4-11-9(8(7)13(16)17)12-5-10(2,15)6-14/h3-4,14-15H,5-6H2,1-2H3,(H,11,12). The Morgan fingerprint density at radius 3 is 2.82 bits per heavy atom. The van der Waals surface area contributed by atoms with Crippen LogP contribution in [0.15, 0.2) is 12.3 Å². The molecule has 1 aromatic heterocycles. The molecule has 0 aliphatic carbocycles. The maximum Gasteiger partial charge on any atom is 0.314 e. The molecule has 0 fully saturated rings. The highest BCUT2D eigenvalue weighted by molar-refractivity contribution is 5.59. The first-order valence-corrected chi connectivity index (χ1v) is 5.04. The highest BCUT2D eigenvalue weighted by Crippen LogP contribution is 2.25. The Hall–Kier alpha value is -1.73. The minimum absolute atomic E-state index is 0.0270. The number of nitrogens with one attached hydrogen (secondary N) is 1. The van der Waals surface area contributed by atoms with Gasteiger partial charge in [-0.05, 0) is 19.9 Å². The number of rotatable bonds is 5. The normalized spacial score (nSPS) is 14.1. The second-order valence-electron chi connectivity index (χ2n) is 4.09. The number of aliphatic hydroxyl groups is 2. The van der Waals surface area contributed by atoms with Gasteiger partial charge in [-0.1, -0.05) is 0 Å². The number of pyridine rings is 1. The van der Waals surface area contributed by atoms with Crippen LogP contribution in [0.1, 0.15) is 12.5 Å². The van der Waals surface area contributed by atoms with Crippen LogP contribution < -0.4 is 5.32 Å². The highest BCUT2D eigenvalue weighted by Gasteiger charge is 2.23. The van der Waals surface area contributed by atoms with Gasteiger partial charge in [-0.25, -0.2) is 4.98 Å². The number of nitro groups is 1. The third-order valence-electron chi connectivity index (χ3n) is 2.29. The Bertz CT molecular complexity index is 420. The Morgan fingerprint density at radius 1 is 1.65 bits per heavy atom. The molecule has 0 saturated carbocycles. The fourth-order valence-corrected chi connectivity index (χ4v) is 1.24. The first-order chi connectivity index (χ1) is 7.87. The second-order valence-corrected chi connectivity index (χ2v) is 4.09. The van der Waals surface area contributed by atoms with E-state index in [1.807, 2.05) is 0 Å². The highest BCUT2D eigenvalue weighted by atomic mass is 16.6. The molecular formula is C10H15N3O4. The van der Waals surface area contributed by atoms with Crippen LogP contribution in [0.5, 0.6) is 0 Å². The minimum atomic E-state index is -1.35. The van der Waals surface area contributed by atoms with E-state index < -0.39 is 17.1 Å². The molecule has 17 heavy (non-hydrogen) atoms. The maximum absolute atomic E-state index is 10.9. The number of nitrogens with zero attached hydrogens (tertiary/aromatic N) is 2. The summed E-state index contributed by atoms with van der Waals surface area (Å²) in [4.78, 5) is 14.2. The van der Waals surface area contributed by atoms with Crippen LogP contribution >= 0.6 is 0 Å². The number of anilines is 1. The van der Waals surface area contributed by atoms with Gasteiger partial charge in [0.05, 0.1) is 11.5 Å². The number of aliphatic hydroxyl groups excluding tert-OH is 1. The Kier molecular flexibility index (Phi) is 3.97. The number of hydrogen-bond acceptors (Lipinski definition) is 6. The van der Waals surface area contributed by atoms with Gasteiger partial charge in [0.15, 0.2) is 0 Å². The number of hydrogen-bond donors (Lipinski definition) is 3. The van der Waals surface area contributed by atoms with Crippen molar-refractivity contribution in [1.29, 1.82) is 0 Å². The molecule has 7 nitrogen and oxygen atoms in total. The van der Waals surface area contributed by atoms with E-state index >= 15 is 0 Å². The van der Waals surface area contributed by atoms with E-state index in [0.717, 1.165) is 0 Å². The molecule has 0 aliphatic heterocycles. The Balaban J connectivity index is 2.92. The monoisotopic (exact) mass is 241 g/mol. The molecule has 0 radical (unpaired) electrons. The van der Waals surface area contributed by atoms with Crippen LogP contribution in [0, 0.1) is 17.0 Å². The number of aryl methyl sites for hydroxylation is 1. The zero-order valence-corrected chi connectivity index (χ0v) is 9.67. The molecule has 1 aromatic rings. The summed E-state index contributed by atoms with van der Waals surface area (Å²) in [5.41, 5.74) is -0.989. The SMILES string of the molecule is Cc1ccnc(NCC(C)(O)CO)c1[N+](=O)[O-]. The average Bonchev–Trinajstić information content (AvgIpc) is 2.26. The third-order valence-corrected chi connectivity index (χ3v) is 2.29. The predicted octanol–water partition coefficient (Wildman–Crippen LogP) is 0.453. The van der Waals surface area contributed by atoms with Gasteiger partial charge in [0.25, 0.3) is 0 Å². The van der Waals surface area contributed by atoms with Crippen LogP contribution in [0.2, 0.25) is 0 Å². The van der Waals surface area contributed by atoms with Crippen LogP contribution in [-0.2, 0) is 0 Å². The fourth-order valence-electron chi connectivity index (χ4n) is 1.24. The van der Waals surface area contributed by atoms with Gasteiger partial charge in [0.1, 0.15) is 5.60 Å². The summed E-state index contributed by atoms with van der Waals surface area (Å²) in [7, 11) is 0. The summed E-state index contributed by atoms with van der Waals surface area (Å²) < 4.78 is 0. The molecule has 0 saturated heterocycles. The van der Waals surface area contributed by atoms with Crippen molar-refractivity contribution < 1.29 is 15.1 Å². The van der Waals surface area contributed by atoms with E-state index in [4.69, 9.17) is 5.11 Å². The summed E-state index contributed by atoms with van der Waals surface area (Å²) in [5, 5.41) is 31.9. The van der Waals surface area contributed by atoms with Crippen LogP contribution in [0.4, 0.5) is 11.5 Å². The topological polar surface area (TPSA) is 109 Å². The van der Waals surface area contributed by atoms with E-state index in [1.165, 1.54) is 19.2 Å². The van der Waals surface area contributed by atoms with Crippen molar-refractivity contribution in [1.82, 2.24) is 4.98 Å². The van der Waals surface area contributed by atoms with Crippen molar-refractivity contribution in [3.8, 4) is 0 Å². The first-order valence-electron chi connectivity index (χ1n) is 5.04. The van der Waals surface area contributed by atoms with Gasteiger partial charge in [0, 0.05) is 18.3 Å². The molecule has 0 bridgehead atoms. The lowest BCUT2D eigenvalue weighted by atomic mass is 10.1. The largest absolute Gasteiger partial charge is 0.393 e. The average molecular weight is 241 g/mol. The van der Waals surface area contributed by atoms with Gasteiger partial charge < -0.3 is 15.5 Å². The molecule has 0 aromatic carbocycles. The minimum Gasteiger partial charge on any atom is -0.393 e. The first kappa shape index (κ1) is 13.3. The van der Waals surface area contributed by atoms with Crippen LogP contribution in [0.3, 0.4) is 0 Å². The van der Waals surface area contributed by atoms with Crippen molar-refractivity contribution in [2.75, 3.05) is 18.5 Å². The lowest BCUT2D eigenvalue weighted by Crippen LogP contribution is -2.37. The van der Waals surface area contributed by atoms with E-state index in [0.29, 0.717) is 5.56 Å². The van der Waals surface area contributed by atoms with Crippen molar-refractivity contribution in [3.63, 3.8) is 0 Å². The summed E-state index contributed by atoms with van der Waals surface area (Å²) in [6, 6.07) is 1.54. The van der Waals surface area contributed by atoms with E-state index in [-0.39, 0.29) is 18.1 Å². The molecular weight excluding hydrogens is 226 g/mol. The third kappa shape index (κ3) is 3.36. The number of aromatic nitrogens is 1. The molecule has 0 aliphatic rings. The molecule has 7 heteroatoms. The van der Waals surface area contributed by atoms with Crippen molar-refractivity contribution in [2.24, 2.45) is 0 Å². The smallest absolute Gasteiger partial charge is 0.314 e. The van der Waals surface area contributed by atoms with Crippen molar-refractivity contribution in [2.45, 2.75) is 19.4 Å². The zero-order chi connectivity index (χ0) is 13.1. The van der Waals surface area contributed by atoms with E-state index in [9.17, 15) is 15.2 Å². The Labute approximate surface area is 98.3 Å². The molecule has 0 amide bonds. The lowest BCUT2D eigenvalue weighted by molar-refractivity contribution is -0.384. The van der Waals surface area contributed by atoms with Gasteiger partial charge in [0.2, 0.25) is 5.82 Å². The lowest BCUT2D eigenvalue weighted by Gasteiger charge is -2.20. The molecule has 1 rings (SSSR count). The molecule has 0 spiro atoms. The van der Waals surface area contributed by atoms with Crippen LogP contribution in [0.25, 0.3) is 0 Å². The van der Waals surface area contributed by atoms with Crippen molar-refractivity contribution >= 4 is 11.5 Å². The van der Waals surface area contributed by atoms with E-state index in [2.05, 4.69) is 10.3 Å². The van der Waals surface area contributed by atoms with Gasteiger partial charge in [-0.15, -0.1) is 0 Å². The van der Waals surface area contributed by atoms with Crippen LogP contribution in [-0.4, -0.2) is 38.9 Å². The van der Waals surface area contributed by atoms with Crippen molar-refractivity contribution in [3.05, 3.63) is 27.9 Å². The summed E-state index contributed by atoms with van der Waals surface area (Å²) >= 11 is 0.